The molecule has 2 aromatic rings. The van der Waals surface area contributed by atoms with E-state index in [1.807, 2.05) is 30.1 Å². The van der Waals surface area contributed by atoms with Crippen LogP contribution in [-0.4, -0.2) is 44.8 Å². The van der Waals surface area contributed by atoms with Crippen molar-refractivity contribution in [1.29, 1.82) is 0 Å². The molecule has 1 aromatic carbocycles. The van der Waals surface area contributed by atoms with Gasteiger partial charge in [0.1, 0.15) is 5.82 Å². The molecule has 0 radical (unpaired) electrons. The Morgan fingerprint density at radius 3 is 2.52 bits per heavy atom. The average Bonchev–Trinajstić information content (AvgIpc) is 3.14. The van der Waals surface area contributed by atoms with Crippen LogP contribution < -0.4 is 0 Å². The lowest BCUT2D eigenvalue weighted by Gasteiger charge is -2.51. The van der Waals surface area contributed by atoms with Crippen LogP contribution in [0.3, 0.4) is 0 Å². The summed E-state index contributed by atoms with van der Waals surface area (Å²) < 4.78 is 14.9. The quantitative estimate of drug-likeness (QED) is 0.866. The van der Waals surface area contributed by atoms with Gasteiger partial charge in [-0.3, -0.25) is 14.5 Å². The van der Waals surface area contributed by atoms with Crippen molar-refractivity contribution in [3.8, 4) is 0 Å². The van der Waals surface area contributed by atoms with Crippen LogP contribution in [0.2, 0.25) is 0 Å². The Kier molecular flexibility index (Phi) is 3.70. The summed E-state index contributed by atoms with van der Waals surface area (Å²) in [6.45, 7) is 5.34. The van der Waals surface area contributed by atoms with E-state index in [9.17, 15) is 4.39 Å². The summed E-state index contributed by atoms with van der Waals surface area (Å²) in [5, 5.41) is 4.26. The zero-order valence-electron chi connectivity index (χ0n) is 13.6. The van der Waals surface area contributed by atoms with Crippen LogP contribution in [0.1, 0.15) is 24.0 Å². The lowest BCUT2D eigenvalue weighted by molar-refractivity contribution is -0.0146. The molecule has 5 heteroatoms. The molecule has 0 bridgehead atoms. The fourth-order valence-corrected chi connectivity index (χ4v) is 3.99. The third-order valence-electron chi connectivity index (χ3n) is 5.38. The smallest absolute Gasteiger partial charge is 0.123 e. The highest BCUT2D eigenvalue weighted by Gasteiger charge is 2.48. The maximum atomic E-state index is 13.0. The van der Waals surface area contributed by atoms with Crippen LogP contribution in [0.25, 0.3) is 0 Å². The first kappa shape index (κ1) is 14.8. The van der Waals surface area contributed by atoms with Crippen molar-refractivity contribution >= 4 is 0 Å². The fourth-order valence-electron chi connectivity index (χ4n) is 3.99. The Morgan fingerprint density at radius 1 is 1.09 bits per heavy atom. The van der Waals surface area contributed by atoms with Crippen LogP contribution in [0.15, 0.2) is 36.7 Å². The largest absolute Gasteiger partial charge is 0.297 e. The molecule has 23 heavy (non-hydrogen) atoms. The van der Waals surface area contributed by atoms with E-state index in [1.165, 1.54) is 24.0 Å². The lowest BCUT2D eigenvalue weighted by atomic mass is 9.83. The molecule has 0 aliphatic carbocycles. The van der Waals surface area contributed by atoms with Gasteiger partial charge in [-0.15, -0.1) is 0 Å². The number of hydrogen-bond acceptors (Lipinski definition) is 3. The molecule has 1 atom stereocenters. The van der Waals surface area contributed by atoms with Crippen molar-refractivity contribution in [3.63, 3.8) is 0 Å². The molecule has 1 unspecified atom stereocenters. The molecular formula is C18H23FN4. The number of benzene rings is 1. The summed E-state index contributed by atoms with van der Waals surface area (Å²) in [6, 6.07) is 6.93. The van der Waals surface area contributed by atoms with Crippen molar-refractivity contribution < 1.29 is 4.39 Å². The van der Waals surface area contributed by atoms with E-state index in [1.54, 1.807) is 12.1 Å². The third kappa shape index (κ3) is 2.91. The molecular weight excluding hydrogens is 291 g/mol. The molecule has 0 amide bonds. The average molecular weight is 314 g/mol. The van der Waals surface area contributed by atoms with E-state index < -0.39 is 0 Å². The molecule has 3 heterocycles. The molecule has 4 nitrogen and oxygen atoms in total. The molecule has 4 rings (SSSR count). The number of halogens is 1. The van der Waals surface area contributed by atoms with Crippen molar-refractivity contribution in [2.24, 2.45) is 7.05 Å². The van der Waals surface area contributed by atoms with E-state index in [0.717, 1.165) is 32.7 Å². The van der Waals surface area contributed by atoms with Crippen molar-refractivity contribution in [3.05, 3.63) is 53.6 Å². The number of aryl methyl sites for hydroxylation is 1. The van der Waals surface area contributed by atoms with Crippen LogP contribution in [0.5, 0.6) is 0 Å². The Labute approximate surface area is 136 Å². The molecule has 0 saturated carbocycles. The highest BCUT2D eigenvalue weighted by atomic mass is 19.1. The van der Waals surface area contributed by atoms with Gasteiger partial charge in [0.2, 0.25) is 0 Å². The van der Waals surface area contributed by atoms with Gasteiger partial charge in [-0.05, 0) is 30.5 Å². The maximum Gasteiger partial charge on any atom is 0.123 e. The predicted octanol–water partition coefficient (Wildman–Crippen LogP) is 2.41. The van der Waals surface area contributed by atoms with Gasteiger partial charge in [0.15, 0.2) is 0 Å². The zero-order chi connectivity index (χ0) is 15.9. The molecule has 2 fully saturated rings. The highest BCUT2D eigenvalue weighted by Crippen LogP contribution is 2.40. The van der Waals surface area contributed by atoms with E-state index in [0.29, 0.717) is 5.54 Å². The molecule has 2 aliphatic heterocycles. The third-order valence-corrected chi connectivity index (χ3v) is 5.38. The number of rotatable bonds is 4. The van der Waals surface area contributed by atoms with Crippen LogP contribution >= 0.6 is 0 Å². The molecule has 2 saturated heterocycles. The van der Waals surface area contributed by atoms with Gasteiger partial charge in [0.05, 0.1) is 6.20 Å². The summed E-state index contributed by atoms with van der Waals surface area (Å²) in [5.74, 6) is -0.157. The minimum absolute atomic E-state index is 0.157. The Bertz CT molecular complexity index is 681. The summed E-state index contributed by atoms with van der Waals surface area (Å²) in [6.07, 6.45) is 6.57. The van der Waals surface area contributed by atoms with Gasteiger partial charge in [0.25, 0.3) is 0 Å². The van der Waals surface area contributed by atoms with Gasteiger partial charge < -0.3 is 0 Å². The standard InChI is InChI=1S/C18H23FN4/c1-21-11-16(10-20-21)12-22-8-6-18(14-22)7-9-23(18)13-15-2-4-17(19)5-3-15/h2-5,10-11H,6-9,12-14H2,1H3. The Morgan fingerprint density at radius 2 is 1.87 bits per heavy atom. The minimum atomic E-state index is -0.157. The van der Waals surface area contributed by atoms with E-state index in [-0.39, 0.29) is 5.82 Å². The predicted molar refractivity (Wildman–Crippen MR) is 87.3 cm³/mol. The van der Waals surface area contributed by atoms with E-state index in [2.05, 4.69) is 21.1 Å². The van der Waals surface area contributed by atoms with Crippen molar-refractivity contribution in [1.82, 2.24) is 19.6 Å². The number of aromatic nitrogens is 2. The summed E-state index contributed by atoms with van der Waals surface area (Å²) >= 11 is 0. The van der Waals surface area contributed by atoms with Gasteiger partial charge in [0, 0.05) is 57.1 Å². The van der Waals surface area contributed by atoms with Gasteiger partial charge in [-0.25, -0.2) is 4.39 Å². The Hall–Kier alpha value is -1.72. The van der Waals surface area contributed by atoms with Gasteiger partial charge in [-0.1, -0.05) is 12.1 Å². The summed E-state index contributed by atoms with van der Waals surface area (Å²) in [5.41, 5.74) is 2.82. The number of hydrogen-bond donors (Lipinski definition) is 0. The second-order valence-electron chi connectivity index (χ2n) is 7.01. The van der Waals surface area contributed by atoms with E-state index >= 15 is 0 Å². The van der Waals surface area contributed by atoms with Crippen LogP contribution in [-0.2, 0) is 20.1 Å². The number of likely N-dealkylation sites (tertiary alicyclic amines) is 2. The second kappa shape index (κ2) is 5.73. The summed E-state index contributed by atoms with van der Waals surface area (Å²) in [4.78, 5) is 5.11. The molecule has 122 valence electrons. The van der Waals surface area contributed by atoms with Crippen molar-refractivity contribution in [2.75, 3.05) is 19.6 Å². The van der Waals surface area contributed by atoms with Crippen LogP contribution in [0, 0.1) is 5.82 Å². The van der Waals surface area contributed by atoms with E-state index in [4.69, 9.17) is 0 Å². The monoisotopic (exact) mass is 314 g/mol. The molecule has 1 aromatic heterocycles. The van der Waals surface area contributed by atoms with Crippen LogP contribution in [0.4, 0.5) is 4.39 Å². The minimum Gasteiger partial charge on any atom is -0.297 e. The number of nitrogens with zero attached hydrogens (tertiary/aromatic N) is 4. The molecule has 0 N–H and O–H groups in total. The van der Waals surface area contributed by atoms with Gasteiger partial charge >= 0.3 is 0 Å². The first-order valence-corrected chi connectivity index (χ1v) is 8.32. The maximum absolute atomic E-state index is 13.0. The van der Waals surface area contributed by atoms with Gasteiger partial charge in [-0.2, -0.15) is 5.10 Å². The Balaban J connectivity index is 1.38. The second-order valence-corrected chi connectivity index (χ2v) is 7.01. The topological polar surface area (TPSA) is 24.3 Å². The zero-order valence-corrected chi connectivity index (χ0v) is 13.6. The lowest BCUT2D eigenvalue weighted by Crippen LogP contribution is -2.60. The summed E-state index contributed by atoms with van der Waals surface area (Å²) in [7, 11) is 1.96. The van der Waals surface area contributed by atoms with Crippen molar-refractivity contribution in [2.45, 2.75) is 31.5 Å². The molecule has 1 spiro atoms. The SMILES string of the molecule is Cn1cc(CN2CCC3(CCN3Cc3ccc(F)cc3)C2)cn1. The first-order valence-electron chi connectivity index (χ1n) is 8.32. The first-order chi connectivity index (χ1) is 11.1. The normalized spacial score (nSPS) is 25.1. The fraction of sp³-hybridized carbons (Fsp3) is 0.500. The highest BCUT2D eigenvalue weighted by molar-refractivity contribution is 5.18. The molecule has 2 aliphatic rings.